The van der Waals surface area contributed by atoms with Crippen LogP contribution in [-0.2, 0) is 10.2 Å². The number of hydrogen-bond acceptors (Lipinski definition) is 2. The van der Waals surface area contributed by atoms with Crippen LogP contribution in [0.15, 0.2) is 36.4 Å². The van der Waals surface area contributed by atoms with Gasteiger partial charge in [0.1, 0.15) is 0 Å². The SMILES string of the molecule is C[C@H]1N(CCCCCC(=O)O)c2ccc3ccccc3c2C1(C)C. The Kier molecular flexibility index (Phi) is 4.53. The first kappa shape index (κ1) is 16.8. The van der Waals surface area contributed by atoms with Gasteiger partial charge >= 0.3 is 5.97 Å². The largest absolute Gasteiger partial charge is 0.481 e. The van der Waals surface area contributed by atoms with E-state index in [9.17, 15) is 4.79 Å². The summed E-state index contributed by atoms with van der Waals surface area (Å²) in [6.45, 7) is 7.99. The molecule has 1 atom stereocenters. The smallest absolute Gasteiger partial charge is 0.303 e. The minimum Gasteiger partial charge on any atom is -0.481 e. The Labute approximate surface area is 144 Å². The van der Waals surface area contributed by atoms with E-state index in [1.54, 1.807) is 0 Å². The van der Waals surface area contributed by atoms with Gasteiger partial charge in [0.25, 0.3) is 0 Å². The monoisotopic (exact) mass is 325 g/mol. The summed E-state index contributed by atoms with van der Waals surface area (Å²) in [5.41, 5.74) is 2.92. The van der Waals surface area contributed by atoms with Crippen molar-refractivity contribution in [3.63, 3.8) is 0 Å². The number of fused-ring (bicyclic) bond motifs is 3. The lowest BCUT2D eigenvalue weighted by Crippen LogP contribution is -2.39. The summed E-state index contributed by atoms with van der Waals surface area (Å²) in [6, 6.07) is 13.6. The number of rotatable bonds is 6. The van der Waals surface area contributed by atoms with Crippen LogP contribution in [0.3, 0.4) is 0 Å². The van der Waals surface area contributed by atoms with Gasteiger partial charge in [-0.25, -0.2) is 0 Å². The molecule has 0 saturated carbocycles. The third-order valence-corrected chi connectivity index (χ3v) is 5.66. The van der Waals surface area contributed by atoms with E-state index < -0.39 is 5.97 Å². The third kappa shape index (κ3) is 2.88. The lowest BCUT2D eigenvalue weighted by molar-refractivity contribution is -0.137. The van der Waals surface area contributed by atoms with Crippen LogP contribution in [0.2, 0.25) is 0 Å². The van der Waals surface area contributed by atoms with Crippen LogP contribution in [0.4, 0.5) is 5.69 Å². The number of carboxylic acid groups (broad SMARTS) is 1. The summed E-state index contributed by atoms with van der Waals surface area (Å²) in [4.78, 5) is 13.1. The van der Waals surface area contributed by atoms with Crippen molar-refractivity contribution in [2.75, 3.05) is 11.4 Å². The zero-order chi connectivity index (χ0) is 17.3. The van der Waals surface area contributed by atoms with Gasteiger partial charge in [0.2, 0.25) is 0 Å². The molecule has 0 aromatic heterocycles. The zero-order valence-electron chi connectivity index (χ0n) is 14.9. The van der Waals surface area contributed by atoms with E-state index in [-0.39, 0.29) is 11.8 Å². The molecule has 3 nitrogen and oxygen atoms in total. The highest BCUT2D eigenvalue weighted by atomic mass is 16.4. The predicted octanol–water partition coefficient (Wildman–Crippen LogP) is 4.97. The van der Waals surface area contributed by atoms with Crippen molar-refractivity contribution in [3.8, 4) is 0 Å². The first-order chi connectivity index (χ1) is 11.4. The van der Waals surface area contributed by atoms with Gasteiger partial charge in [-0.3, -0.25) is 4.79 Å². The molecule has 0 aliphatic carbocycles. The standard InChI is InChI=1S/C21H27NO2/c1-15-21(2,3)20-17-10-7-6-9-16(17)12-13-18(20)22(15)14-8-4-5-11-19(23)24/h6-7,9-10,12-13,15H,4-5,8,11,14H2,1-3H3,(H,23,24)/t15-/m1/s1. The average molecular weight is 325 g/mol. The maximum absolute atomic E-state index is 10.6. The second kappa shape index (κ2) is 6.46. The maximum atomic E-state index is 10.6. The predicted molar refractivity (Wildman–Crippen MR) is 99.9 cm³/mol. The number of aliphatic carboxylic acids is 1. The molecule has 2 aromatic carbocycles. The minimum absolute atomic E-state index is 0.108. The van der Waals surface area contributed by atoms with Gasteiger partial charge in [-0.1, -0.05) is 50.6 Å². The van der Waals surface area contributed by atoms with E-state index in [0.29, 0.717) is 6.04 Å². The summed E-state index contributed by atoms with van der Waals surface area (Å²) >= 11 is 0. The Hall–Kier alpha value is -2.03. The number of nitrogens with zero attached hydrogens (tertiary/aromatic N) is 1. The molecule has 24 heavy (non-hydrogen) atoms. The Morgan fingerprint density at radius 2 is 1.88 bits per heavy atom. The highest BCUT2D eigenvalue weighted by molar-refractivity contribution is 5.93. The Bertz CT molecular complexity index is 751. The summed E-state index contributed by atoms with van der Waals surface area (Å²) in [6.07, 6.45) is 3.06. The highest BCUT2D eigenvalue weighted by Crippen LogP contribution is 2.48. The lowest BCUT2D eigenvalue weighted by atomic mass is 9.79. The normalized spacial score (nSPS) is 18.8. The number of unbranched alkanes of at least 4 members (excludes halogenated alkanes) is 2. The summed E-state index contributed by atoms with van der Waals surface area (Å²) in [7, 11) is 0. The van der Waals surface area contributed by atoms with Crippen LogP contribution >= 0.6 is 0 Å². The van der Waals surface area contributed by atoms with Crippen molar-refractivity contribution >= 4 is 22.4 Å². The van der Waals surface area contributed by atoms with Crippen molar-refractivity contribution in [1.29, 1.82) is 0 Å². The van der Waals surface area contributed by atoms with E-state index in [1.807, 2.05) is 0 Å². The van der Waals surface area contributed by atoms with E-state index in [2.05, 4.69) is 62.1 Å². The van der Waals surface area contributed by atoms with Crippen LogP contribution in [0.5, 0.6) is 0 Å². The number of hydrogen-bond donors (Lipinski definition) is 1. The average Bonchev–Trinajstić information content (AvgIpc) is 2.75. The fraction of sp³-hybridized carbons (Fsp3) is 0.476. The molecule has 1 heterocycles. The molecule has 3 heteroatoms. The molecule has 0 unspecified atom stereocenters. The van der Waals surface area contributed by atoms with E-state index in [4.69, 9.17) is 5.11 Å². The molecule has 0 fully saturated rings. The highest BCUT2D eigenvalue weighted by Gasteiger charge is 2.42. The summed E-state index contributed by atoms with van der Waals surface area (Å²) in [5, 5.41) is 11.4. The van der Waals surface area contributed by atoms with Crippen molar-refractivity contribution in [3.05, 3.63) is 42.0 Å². The van der Waals surface area contributed by atoms with Gasteiger partial charge in [-0.05, 0) is 42.2 Å². The molecule has 1 aliphatic heterocycles. The topological polar surface area (TPSA) is 40.5 Å². The second-order valence-corrected chi connectivity index (χ2v) is 7.48. The van der Waals surface area contributed by atoms with Crippen molar-refractivity contribution in [1.82, 2.24) is 0 Å². The maximum Gasteiger partial charge on any atom is 0.303 e. The zero-order valence-corrected chi connectivity index (χ0v) is 14.9. The van der Waals surface area contributed by atoms with Gasteiger partial charge in [0.15, 0.2) is 0 Å². The van der Waals surface area contributed by atoms with Gasteiger partial charge in [-0.2, -0.15) is 0 Å². The van der Waals surface area contributed by atoms with Crippen molar-refractivity contribution < 1.29 is 9.90 Å². The van der Waals surface area contributed by atoms with Crippen molar-refractivity contribution in [2.24, 2.45) is 0 Å². The number of anilines is 1. The van der Waals surface area contributed by atoms with Crippen LogP contribution < -0.4 is 4.90 Å². The van der Waals surface area contributed by atoms with E-state index in [1.165, 1.54) is 22.0 Å². The molecule has 2 aromatic rings. The molecule has 3 rings (SSSR count). The minimum atomic E-state index is -0.692. The Balaban J connectivity index is 1.84. The van der Waals surface area contributed by atoms with Gasteiger partial charge in [-0.15, -0.1) is 0 Å². The summed E-state index contributed by atoms with van der Waals surface area (Å²) < 4.78 is 0. The molecule has 1 aliphatic rings. The van der Waals surface area contributed by atoms with Gasteiger partial charge < -0.3 is 10.0 Å². The van der Waals surface area contributed by atoms with Crippen LogP contribution in [0.1, 0.15) is 52.0 Å². The fourth-order valence-corrected chi connectivity index (χ4v) is 4.03. The molecule has 0 saturated heterocycles. The number of carboxylic acids is 1. The molecule has 0 spiro atoms. The first-order valence-corrected chi connectivity index (χ1v) is 8.93. The Morgan fingerprint density at radius 3 is 2.62 bits per heavy atom. The number of benzene rings is 2. The van der Waals surface area contributed by atoms with Crippen LogP contribution in [-0.4, -0.2) is 23.7 Å². The molecule has 1 N–H and O–H groups in total. The molecular formula is C21H27NO2. The van der Waals surface area contributed by atoms with Crippen LogP contribution in [0.25, 0.3) is 10.8 Å². The molecule has 0 bridgehead atoms. The third-order valence-electron chi connectivity index (χ3n) is 5.66. The fourth-order valence-electron chi connectivity index (χ4n) is 4.03. The summed E-state index contributed by atoms with van der Waals surface area (Å²) in [5.74, 6) is -0.692. The second-order valence-electron chi connectivity index (χ2n) is 7.48. The molecule has 0 radical (unpaired) electrons. The van der Waals surface area contributed by atoms with Gasteiger partial charge in [0, 0.05) is 30.1 Å². The number of carbonyl (C=O) groups is 1. The Morgan fingerprint density at radius 1 is 1.12 bits per heavy atom. The lowest BCUT2D eigenvalue weighted by Gasteiger charge is -2.31. The molecule has 128 valence electrons. The van der Waals surface area contributed by atoms with Crippen LogP contribution in [0, 0.1) is 0 Å². The molecule has 0 amide bonds. The quantitative estimate of drug-likeness (QED) is 0.762. The first-order valence-electron chi connectivity index (χ1n) is 8.93. The van der Waals surface area contributed by atoms with Crippen molar-refractivity contribution in [2.45, 2.75) is 57.9 Å². The molecular weight excluding hydrogens is 298 g/mol. The van der Waals surface area contributed by atoms with Gasteiger partial charge in [0.05, 0.1) is 0 Å². The van der Waals surface area contributed by atoms with E-state index >= 15 is 0 Å². The van der Waals surface area contributed by atoms with E-state index in [0.717, 1.165) is 25.8 Å².